The normalized spacial score (nSPS) is 13.7. The number of nitrogens with one attached hydrogen (secondary N) is 1. The van der Waals surface area contributed by atoms with Gasteiger partial charge in [0, 0.05) is 18.7 Å². The van der Waals surface area contributed by atoms with E-state index in [1.54, 1.807) is 37.1 Å². The van der Waals surface area contributed by atoms with Gasteiger partial charge >= 0.3 is 0 Å². The summed E-state index contributed by atoms with van der Waals surface area (Å²) < 4.78 is 12.1. The van der Waals surface area contributed by atoms with E-state index in [2.05, 4.69) is 25.7 Å². The highest BCUT2D eigenvalue weighted by atomic mass is 16.5. The lowest BCUT2D eigenvalue weighted by molar-refractivity contribution is 0.102. The molecule has 1 amide bonds. The van der Waals surface area contributed by atoms with Gasteiger partial charge in [0.25, 0.3) is 5.91 Å². The van der Waals surface area contributed by atoms with Crippen LogP contribution in [0.2, 0.25) is 0 Å². The molecule has 0 atom stereocenters. The lowest BCUT2D eigenvalue weighted by Gasteiger charge is -2.30. The molecule has 0 spiro atoms. The van der Waals surface area contributed by atoms with Crippen LogP contribution in [0.3, 0.4) is 0 Å². The molecule has 0 aliphatic carbocycles. The van der Waals surface area contributed by atoms with Crippen LogP contribution in [0.4, 0.5) is 11.4 Å². The van der Waals surface area contributed by atoms with Crippen LogP contribution in [0, 0.1) is 0 Å². The van der Waals surface area contributed by atoms with Gasteiger partial charge in [-0.05, 0) is 66.1 Å². The number of aromatic nitrogens is 4. The van der Waals surface area contributed by atoms with Crippen molar-refractivity contribution >= 4 is 17.3 Å². The van der Waals surface area contributed by atoms with Crippen LogP contribution in [0.15, 0.2) is 42.7 Å². The summed E-state index contributed by atoms with van der Waals surface area (Å²) >= 11 is 0. The molecule has 0 unspecified atom stereocenters. The van der Waals surface area contributed by atoms with Crippen molar-refractivity contribution in [2.75, 3.05) is 37.5 Å². The Morgan fingerprint density at radius 1 is 1.00 bits per heavy atom. The third kappa shape index (κ3) is 4.05. The second-order valence-electron chi connectivity index (χ2n) is 7.03. The maximum atomic E-state index is 13.0. The molecule has 3 aromatic rings. The Morgan fingerprint density at radius 3 is 2.50 bits per heavy atom. The summed E-state index contributed by atoms with van der Waals surface area (Å²) in [6, 6.07) is 10.9. The van der Waals surface area contributed by atoms with E-state index >= 15 is 0 Å². The molecule has 1 aliphatic heterocycles. The van der Waals surface area contributed by atoms with Crippen LogP contribution >= 0.6 is 0 Å². The highest BCUT2D eigenvalue weighted by Crippen LogP contribution is 2.32. The van der Waals surface area contributed by atoms with Gasteiger partial charge in [-0.2, -0.15) is 0 Å². The third-order valence-corrected chi connectivity index (χ3v) is 5.18. The van der Waals surface area contributed by atoms with Gasteiger partial charge in [-0.15, -0.1) is 5.10 Å². The van der Waals surface area contributed by atoms with E-state index < -0.39 is 0 Å². The second-order valence-corrected chi connectivity index (χ2v) is 7.03. The fourth-order valence-electron chi connectivity index (χ4n) is 3.63. The van der Waals surface area contributed by atoms with Crippen molar-refractivity contribution in [1.29, 1.82) is 0 Å². The molecule has 1 N–H and O–H groups in total. The summed E-state index contributed by atoms with van der Waals surface area (Å²) in [5.74, 6) is 0.843. The number of methoxy groups -OCH3 is 2. The fraction of sp³-hybridized carbons (Fsp3) is 0.333. The van der Waals surface area contributed by atoms with E-state index in [-0.39, 0.29) is 5.91 Å². The maximum Gasteiger partial charge on any atom is 0.255 e. The fourth-order valence-corrected chi connectivity index (χ4v) is 3.63. The van der Waals surface area contributed by atoms with Gasteiger partial charge in [0.15, 0.2) is 11.5 Å². The minimum atomic E-state index is -0.233. The number of amides is 1. The Morgan fingerprint density at radius 2 is 1.80 bits per heavy atom. The molecule has 0 radical (unpaired) electrons. The molecule has 156 valence electrons. The molecule has 4 rings (SSSR count). The van der Waals surface area contributed by atoms with Crippen molar-refractivity contribution in [2.24, 2.45) is 0 Å². The average molecular weight is 408 g/mol. The lowest BCUT2D eigenvalue weighted by atomic mass is 10.1. The lowest BCUT2D eigenvalue weighted by Crippen LogP contribution is -2.30. The second kappa shape index (κ2) is 8.81. The van der Waals surface area contributed by atoms with Gasteiger partial charge in [0.1, 0.15) is 6.33 Å². The van der Waals surface area contributed by atoms with Gasteiger partial charge in [0.2, 0.25) is 0 Å². The molecule has 0 saturated carbocycles. The Hall–Kier alpha value is -3.62. The Labute approximate surface area is 174 Å². The zero-order chi connectivity index (χ0) is 20.9. The number of carbonyl (C=O) groups excluding carboxylic acids is 1. The highest BCUT2D eigenvalue weighted by Gasteiger charge is 2.18. The van der Waals surface area contributed by atoms with Crippen molar-refractivity contribution in [3.05, 3.63) is 48.3 Å². The molecular weight excluding hydrogens is 384 g/mol. The molecule has 1 fully saturated rings. The first-order chi connectivity index (χ1) is 14.7. The number of carbonyl (C=O) groups is 1. The predicted molar refractivity (Wildman–Crippen MR) is 113 cm³/mol. The van der Waals surface area contributed by atoms with Crippen molar-refractivity contribution in [3.8, 4) is 17.2 Å². The van der Waals surface area contributed by atoms with Gasteiger partial charge in [0.05, 0.1) is 31.3 Å². The number of nitrogens with zero attached hydrogens (tertiary/aromatic N) is 5. The monoisotopic (exact) mass is 408 g/mol. The number of rotatable bonds is 6. The molecular formula is C21H24N6O3. The summed E-state index contributed by atoms with van der Waals surface area (Å²) in [5, 5.41) is 14.4. The first kappa shape index (κ1) is 19.7. The minimum absolute atomic E-state index is 0.233. The SMILES string of the molecule is COc1ccc(C(=O)Nc2cc(-n3cnnn3)ccc2N2CCCCC2)cc1OC. The predicted octanol–water partition coefficient (Wildman–Crippen LogP) is 2.92. The zero-order valence-electron chi connectivity index (χ0n) is 17.0. The first-order valence-corrected chi connectivity index (χ1v) is 9.85. The summed E-state index contributed by atoms with van der Waals surface area (Å²) in [4.78, 5) is 15.3. The molecule has 9 nitrogen and oxygen atoms in total. The van der Waals surface area contributed by atoms with Crippen LogP contribution in [0.25, 0.3) is 5.69 Å². The summed E-state index contributed by atoms with van der Waals surface area (Å²) in [6.07, 6.45) is 5.03. The van der Waals surface area contributed by atoms with Crippen LogP contribution in [-0.2, 0) is 0 Å². The van der Waals surface area contributed by atoms with E-state index in [0.717, 1.165) is 37.3 Å². The summed E-state index contributed by atoms with van der Waals surface area (Å²) in [5.41, 5.74) is 2.94. The van der Waals surface area contributed by atoms with Crippen molar-refractivity contribution in [1.82, 2.24) is 20.2 Å². The van der Waals surface area contributed by atoms with E-state index in [0.29, 0.717) is 22.7 Å². The Balaban J connectivity index is 1.67. The van der Waals surface area contributed by atoms with Gasteiger partial charge < -0.3 is 19.7 Å². The average Bonchev–Trinajstić information content (AvgIpc) is 3.34. The van der Waals surface area contributed by atoms with Crippen LogP contribution in [-0.4, -0.2) is 53.4 Å². The van der Waals surface area contributed by atoms with E-state index in [1.807, 2.05) is 18.2 Å². The smallest absolute Gasteiger partial charge is 0.255 e. The number of benzene rings is 2. The molecule has 9 heteroatoms. The van der Waals surface area contributed by atoms with Crippen molar-refractivity contribution in [3.63, 3.8) is 0 Å². The van der Waals surface area contributed by atoms with Crippen molar-refractivity contribution in [2.45, 2.75) is 19.3 Å². The summed E-state index contributed by atoms with van der Waals surface area (Å²) in [6.45, 7) is 1.92. The van der Waals surface area contributed by atoms with Crippen LogP contribution < -0.4 is 19.7 Å². The number of hydrogen-bond acceptors (Lipinski definition) is 7. The highest BCUT2D eigenvalue weighted by molar-refractivity contribution is 6.06. The van der Waals surface area contributed by atoms with Gasteiger partial charge in [-0.3, -0.25) is 4.79 Å². The molecule has 2 heterocycles. The Bertz CT molecular complexity index is 1020. The molecule has 0 bridgehead atoms. The molecule has 2 aromatic carbocycles. The first-order valence-electron chi connectivity index (χ1n) is 9.85. The molecule has 1 aliphatic rings. The van der Waals surface area contributed by atoms with Gasteiger partial charge in [-0.25, -0.2) is 4.68 Å². The number of ether oxygens (including phenoxy) is 2. The number of piperidine rings is 1. The number of hydrogen-bond donors (Lipinski definition) is 1. The van der Waals surface area contributed by atoms with Gasteiger partial charge in [-0.1, -0.05) is 0 Å². The van der Waals surface area contributed by atoms with E-state index in [9.17, 15) is 4.79 Å². The van der Waals surface area contributed by atoms with Crippen LogP contribution in [0.5, 0.6) is 11.5 Å². The summed E-state index contributed by atoms with van der Waals surface area (Å²) in [7, 11) is 3.11. The minimum Gasteiger partial charge on any atom is -0.493 e. The Kier molecular flexibility index (Phi) is 5.78. The van der Waals surface area contributed by atoms with E-state index in [4.69, 9.17) is 9.47 Å². The molecule has 1 saturated heterocycles. The standard InChI is InChI=1S/C21H24N6O3/c1-29-19-9-6-15(12-20(19)30-2)21(28)23-17-13-16(27-14-22-24-25-27)7-8-18(17)26-10-4-3-5-11-26/h6-9,12-14H,3-5,10-11H2,1-2H3,(H,23,28). The number of tetrazole rings is 1. The zero-order valence-corrected chi connectivity index (χ0v) is 17.0. The van der Waals surface area contributed by atoms with E-state index in [1.165, 1.54) is 12.7 Å². The van der Waals surface area contributed by atoms with Crippen molar-refractivity contribution < 1.29 is 14.3 Å². The third-order valence-electron chi connectivity index (χ3n) is 5.18. The number of anilines is 2. The quantitative estimate of drug-likeness (QED) is 0.670. The van der Waals surface area contributed by atoms with Crippen LogP contribution in [0.1, 0.15) is 29.6 Å². The maximum absolute atomic E-state index is 13.0. The molecule has 30 heavy (non-hydrogen) atoms. The topological polar surface area (TPSA) is 94.4 Å². The largest absolute Gasteiger partial charge is 0.493 e. The molecule has 1 aromatic heterocycles.